The third kappa shape index (κ3) is 7.92. The van der Waals surface area contributed by atoms with Gasteiger partial charge >= 0.3 is 11.9 Å². The molecule has 0 unspecified atom stereocenters. The number of benzene rings is 1. The van der Waals surface area contributed by atoms with Gasteiger partial charge in [0, 0.05) is 12.8 Å². The summed E-state index contributed by atoms with van der Waals surface area (Å²) in [7, 11) is 0. The van der Waals surface area contributed by atoms with E-state index < -0.39 is 18.0 Å². The first-order valence-electron chi connectivity index (χ1n) is 8.84. The molecule has 140 valence electrons. The summed E-state index contributed by atoms with van der Waals surface area (Å²) < 4.78 is 10.5. The molecule has 0 saturated carbocycles. The number of carbonyl (C=O) groups excluding carboxylic acids is 2. The van der Waals surface area contributed by atoms with Crippen molar-refractivity contribution < 1.29 is 29.3 Å². The van der Waals surface area contributed by atoms with Gasteiger partial charge in [0.25, 0.3) is 0 Å². The quantitative estimate of drug-likeness (QED) is 0.360. The zero-order valence-electron chi connectivity index (χ0n) is 15.0. The molecule has 0 amide bonds. The van der Waals surface area contributed by atoms with Gasteiger partial charge in [0.15, 0.2) is 11.5 Å². The third-order valence-corrected chi connectivity index (χ3v) is 3.72. The molecule has 1 rings (SSSR count). The molecule has 0 aliphatic carbocycles. The Morgan fingerprint density at radius 2 is 1.76 bits per heavy atom. The van der Waals surface area contributed by atoms with Crippen molar-refractivity contribution in [2.45, 2.75) is 64.9 Å². The van der Waals surface area contributed by atoms with Crippen LogP contribution in [0.2, 0.25) is 0 Å². The Morgan fingerprint density at radius 1 is 1.04 bits per heavy atom. The molecule has 1 aromatic carbocycles. The molecule has 0 bridgehead atoms. The predicted molar refractivity (Wildman–Crippen MR) is 93.4 cm³/mol. The molecule has 0 radical (unpaired) electrons. The Hall–Kier alpha value is -2.24. The fourth-order valence-corrected chi connectivity index (χ4v) is 2.24. The summed E-state index contributed by atoms with van der Waals surface area (Å²) in [5.74, 6) is -1.57. The van der Waals surface area contributed by atoms with E-state index in [0.717, 1.165) is 25.7 Å². The molecule has 6 nitrogen and oxygen atoms in total. The first-order valence-corrected chi connectivity index (χ1v) is 8.84. The highest BCUT2D eigenvalue weighted by atomic mass is 16.6. The van der Waals surface area contributed by atoms with E-state index in [1.807, 2.05) is 6.92 Å². The number of esters is 2. The Morgan fingerprint density at radius 3 is 2.40 bits per heavy atom. The molecule has 0 heterocycles. The van der Waals surface area contributed by atoms with Crippen LogP contribution in [0.4, 0.5) is 0 Å². The van der Waals surface area contributed by atoms with Gasteiger partial charge in [-0.15, -0.1) is 0 Å². The predicted octanol–water partition coefficient (Wildman–Crippen LogP) is 3.48. The molecular formula is C19H28O6. The smallest absolute Gasteiger partial charge is 0.347 e. The number of rotatable bonds is 11. The molecule has 6 heteroatoms. The number of phenolic OH excluding ortho intramolecular Hbond substituents is 2. The first kappa shape index (κ1) is 20.8. The average molecular weight is 352 g/mol. The van der Waals surface area contributed by atoms with Crippen LogP contribution in [0.15, 0.2) is 18.2 Å². The molecule has 0 saturated heterocycles. The monoisotopic (exact) mass is 352 g/mol. The van der Waals surface area contributed by atoms with E-state index >= 15 is 0 Å². The standard InChI is InChI=1S/C19H28O6/c1-3-5-7-11-24-19(23)17(25-18(22)8-6-4-2)13-14-9-10-15(20)16(21)12-14/h9-10,12,17,20-21H,3-8,11,13H2,1-2H3/t17-/m1/s1. The number of carbonyl (C=O) groups is 2. The van der Waals surface area contributed by atoms with Crippen LogP contribution < -0.4 is 0 Å². The van der Waals surface area contributed by atoms with Gasteiger partial charge in [-0.25, -0.2) is 4.79 Å². The highest BCUT2D eigenvalue weighted by Crippen LogP contribution is 2.26. The van der Waals surface area contributed by atoms with Gasteiger partial charge in [-0.05, 0) is 30.5 Å². The van der Waals surface area contributed by atoms with Gasteiger partial charge in [-0.1, -0.05) is 39.2 Å². The van der Waals surface area contributed by atoms with Gasteiger partial charge in [0.2, 0.25) is 6.10 Å². The summed E-state index contributed by atoms with van der Waals surface area (Å²) in [6, 6.07) is 4.23. The Kier molecular flexibility index (Phi) is 9.43. The topological polar surface area (TPSA) is 93.1 Å². The van der Waals surface area contributed by atoms with Crippen LogP contribution >= 0.6 is 0 Å². The summed E-state index contributed by atoms with van der Waals surface area (Å²) in [5, 5.41) is 18.9. The minimum absolute atomic E-state index is 0.0817. The van der Waals surface area contributed by atoms with Crippen LogP contribution in [0, 0.1) is 0 Å². The minimum atomic E-state index is -1.06. The maximum atomic E-state index is 12.3. The van der Waals surface area contributed by atoms with Crippen molar-refractivity contribution >= 4 is 11.9 Å². The fraction of sp³-hybridized carbons (Fsp3) is 0.579. The highest BCUT2D eigenvalue weighted by molar-refractivity contribution is 5.79. The second-order valence-electron chi connectivity index (χ2n) is 5.98. The van der Waals surface area contributed by atoms with Crippen LogP contribution in [0.1, 0.15) is 57.9 Å². The molecule has 1 aromatic rings. The SMILES string of the molecule is CCCCCOC(=O)[C@@H](Cc1ccc(O)c(O)c1)OC(=O)CCCC. The molecular weight excluding hydrogens is 324 g/mol. The highest BCUT2D eigenvalue weighted by Gasteiger charge is 2.25. The average Bonchev–Trinajstić information content (AvgIpc) is 2.59. The van der Waals surface area contributed by atoms with E-state index in [9.17, 15) is 19.8 Å². The second-order valence-corrected chi connectivity index (χ2v) is 5.98. The number of ether oxygens (including phenoxy) is 2. The molecule has 2 N–H and O–H groups in total. The van der Waals surface area contributed by atoms with Crippen LogP contribution in [-0.4, -0.2) is 34.9 Å². The molecule has 1 atom stereocenters. The number of hydrogen-bond donors (Lipinski definition) is 2. The van der Waals surface area contributed by atoms with E-state index in [1.54, 1.807) is 6.07 Å². The summed E-state index contributed by atoms with van der Waals surface area (Å²) in [6.45, 7) is 4.31. The van der Waals surface area contributed by atoms with Gasteiger partial charge in [-0.3, -0.25) is 4.79 Å². The van der Waals surface area contributed by atoms with Crippen molar-refractivity contribution in [1.29, 1.82) is 0 Å². The van der Waals surface area contributed by atoms with Crippen molar-refractivity contribution in [1.82, 2.24) is 0 Å². The lowest BCUT2D eigenvalue weighted by Crippen LogP contribution is -2.31. The number of hydrogen-bond acceptors (Lipinski definition) is 6. The lowest BCUT2D eigenvalue weighted by molar-refractivity contribution is -0.168. The summed E-state index contributed by atoms with van der Waals surface area (Å²) in [5.41, 5.74) is 0.564. The zero-order valence-corrected chi connectivity index (χ0v) is 15.0. The largest absolute Gasteiger partial charge is 0.504 e. The van der Waals surface area contributed by atoms with Crippen LogP contribution in [0.25, 0.3) is 0 Å². The zero-order chi connectivity index (χ0) is 18.7. The van der Waals surface area contributed by atoms with E-state index in [-0.39, 0.29) is 30.9 Å². The van der Waals surface area contributed by atoms with Gasteiger partial charge < -0.3 is 19.7 Å². The fourth-order valence-electron chi connectivity index (χ4n) is 2.24. The lowest BCUT2D eigenvalue weighted by atomic mass is 10.1. The van der Waals surface area contributed by atoms with E-state index in [1.165, 1.54) is 12.1 Å². The van der Waals surface area contributed by atoms with E-state index in [4.69, 9.17) is 9.47 Å². The molecule has 0 aromatic heterocycles. The van der Waals surface area contributed by atoms with Gasteiger partial charge in [0.05, 0.1) is 6.61 Å². The minimum Gasteiger partial charge on any atom is -0.504 e. The normalized spacial score (nSPS) is 11.8. The summed E-state index contributed by atoms with van der Waals surface area (Å²) in [4.78, 5) is 24.1. The van der Waals surface area contributed by atoms with Gasteiger partial charge in [-0.2, -0.15) is 0 Å². The molecule has 25 heavy (non-hydrogen) atoms. The number of phenols is 2. The maximum Gasteiger partial charge on any atom is 0.347 e. The van der Waals surface area contributed by atoms with Crippen molar-refractivity contribution in [3.8, 4) is 11.5 Å². The Bertz CT molecular complexity index is 555. The maximum absolute atomic E-state index is 12.3. The lowest BCUT2D eigenvalue weighted by Gasteiger charge is -2.17. The molecule has 0 fully saturated rings. The molecule has 0 spiro atoms. The number of aromatic hydroxyl groups is 2. The van der Waals surface area contributed by atoms with Gasteiger partial charge in [0.1, 0.15) is 0 Å². The Balaban J connectivity index is 2.73. The van der Waals surface area contributed by atoms with Crippen molar-refractivity contribution in [3.63, 3.8) is 0 Å². The molecule has 0 aliphatic heterocycles. The van der Waals surface area contributed by atoms with E-state index in [2.05, 4.69) is 6.92 Å². The summed E-state index contributed by atoms with van der Waals surface area (Å²) >= 11 is 0. The second kappa shape index (κ2) is 11.3. The van der Waals surface area contributed by atoms with Crippen LogP contribution in [0.3, 0.4) is 0 Å². The number of unbranched alkanes of at least 4 members (excludes halogenated alkanes) is 3. The van der Waals surface area contributed by atoms with Crippen LogP contribution in [-0.2, 0) is 25.5 Å². The van der Waals surface area contributed by atoms with E-state index in [0.29, 0.717) is 12.0 Å². The van der Waals surface area contributed by atoms with Crippen molar-refractivity contribution in [3.05, 3.63) is 23.8 Å². The van der Waals surface area contributed by atoms with Crippen molar-refractivity contribution in [2.75, 3.05) is 6.61 Å². The van der Waals surface area contributed by atoms with Crippen LogP contribution in [0.5, 0.6) is 11.5 Å². The van der Waals surface area contributed by atoms with Crippen molar-refractivity contribution in [2.24, 2.45) is 0 Å². The summed E-state index contributed by atoms with van der Waals surface area (Å²) in [6.07, 6.45) is 3.55. The molecule has 0 aliphatic rings. The Labute approximate surface area is 148 Å². The third-order valence-electron chi connectivity index (χ3n) is 3.72. The first-order chi connectivity index (χ1) is 12.0.